The molecule has 0 aromatic carbocycles. The van der Waals surface area contributed by atoms with Gasteiger partial charge in [-0.25, -0.2) is 0 Å². The van der Waals surface area contributed by atoms with Gasteiger partial charge in [0.05, 0.1) is 12.2 Å². The third kappa shape index (κ3) is 5.23. The number of alkyl halides is 2. The minimum atomic E-state index is -2.99. The molecule has 1 amide bonds. The van der Waals surface area contributed by atoms with Gasteiger partial charge in [-0.15, -0.1) is 0 Å². The predicted molar refractivity (Wildman–Crippen MR) is 120 cm³/mol. The van der Waals surface area contributed by atoms with Crippen LogP contribution in [0.4, 0.5) is 14.5 Å². The number of rotatable bonds is 7. The molecule has 1 aromatic rings. The summed E-state index contributed by atoms with van der Waals surface area (Å²) in [5.74, 6) is -3.03. The van der Waals surface area contributed by atoms with Gasteiger partial charge in [0.25, 0.3) is 5.92 Å². The molecule has 1 fully saturated rings. The number of aromatic nitrogens is 1. The Kier molecular flexibility index (Phi) is 7.03. The number of fused-ring (bicyclic) bond motifs is 1. The second-order valence-corrected chi connectivity index (χ2v) is 10.1. The molecule has 3 heterocycles. The maximum atomic E-state index is 14.5. The Bertz CT molecular complexity index is 798. The van der Waals surface area contributed by atoms with Crippen molar-refractivity contribution in [3.05, 3.63) is 23.5 Å². The van der Waals surface area contributed by atoms with Crippen molar-refractivity contribution < 1.29 is 13.6 Å². The van der Waals surface area contributed by atoms with Crippen LogP contribution < -0.4 is 10.2 Å². The summed E-state index contributed by atoms with van der Waals surface area (Å²) in [5, 5.41) is 3.49. The lowest BCUT2D eigenvalue weighted by Crippen LogP contribution is -2.60. The van der Waals surface area contributed by atoms with E-state index in [9.17, 15) is 13.6 Å². The van der Waals surface area contributed by atoms with Crippen LogP contribution in [0, 0.1) is 0 Å². The molecule has 6 nitrogen and oxygen atoms in total. The van der Waals surface area contributed by atoms with Crippen LogP contribution in [-0.4, -0.2) is 79.6 Å². The average molecular weight is 438 g/mol. The predicted octanol–water partition coefficient (Wildman–Crippen LogP) is 2.82. The van der Waals surface area contributed by atoms with Crippen molar-refractivity contribution in [3.8, 4) is 0 Å². The molecule has 2 aliphatic rings. The summed E-state index contributed by atoms with van der Waals surface area (Å²) in [5.41, 5.74) is 0.875. The maximum Gasteiger partial charge on any atom is 0.289 e. The van der Waals surface area contributed by atoms with Crippen molar-refractivity contribution in [1.29, 1.82) is 0 Å². The van der Waals surface area contributed by atoms with E-state index in [2.05, 4.69) is 27.0 Å². The van der Waals surface area contributed by atoms with Gasteiger partial charge in [-0.1, -0.05) is 27.2 Å². The number of pyridine rings is 1. The first kappa shape index (κ1) is 24.0. The number of carbonyl (C=O) groups excluding carboxylic acids is 1. The number of halogens is 2. The second-order valence-electron chi connectivity index (χ2n) is 10.1. The minimum absolute atomic E-state index is 0.0411. The molecule has 0 radical (unpaired) electrons. The monoisotopic (exact) mass is 437 g/mol. The molecule has 0 bridgehead atoms. The summed E-state index contributed by atoms with van der Waals surface area (Å²) >= 11 is 0. The average Bonchev–Trinajstić information content (AvgIpc) is 2.94. The Hall–Kier alpha value is -1.64. The van der Waals surface area contributed by atoms with E-state index in [1.807, 2.05) is 27.9 Å². The van der Waals surface area contributed by atoms with Gasteiger partial charge in [0.2, 0.25) is 5.91 Å². The number of nitrogens with one attached hydrogen (secondary N) is 1. The van der Waals surface area contributed by atoms with E-state index in [1.165, 1.54) is 6.07 Å². The van der Waals surface area contributed by atoms with E-state index in [0.29, 0.717) is 24.7 Å². The molecule has 3 rings (SSSR count). The molecule has 1 unspecified atom stereocenters. The number of amides is 1. The number of nitrogens with zero attached hydrogens (tertiary/aromatic N) is 4. The van der Waals surface area contributed by atoms with E-state index in [-0.39, 0.29) is 36.0 Å². The number of hydrogen-bond donors (Lipinski definition) is 1. The zero-order valence-corrected chi connectivity index (χ0v) is 19.7. The van der Waals surface area contributed by atoms with Crippen molar-refractivity contribution in [2.75, 3.05) is 51.7 Å². The molecule has 1 saturated heterocycles. The molecular formula is C23H37F2N5O. The first-order chi connectivity index (χ1) is 14.4. The minimum Gasteiger partial charge on any atom is -0.311 e. The number of carbonyl (C=O) groups is 1. The first-order valence-corrected chi connectivity index (χ1v) is 11.3. The second kappa shape index (κ2) is 9.08. The van der Waals surface area contributed by atoms with Crippen molar-refractivity contribution in [2.45, 2.75) is 64.0 Å². The zero-order valence-electron chi connectivity index (χ0n) is 19.7. The highest BCUT2D eigenvalue weighted by atomic mass is 19.3. The molecule has 8 heteroatoms. The summed E-state index contributed by atoms with van der Waals surface area (Å²) in [6.45, 7) is 11.1. The fourth-order valence-corrected chi connectivity index (χ4v) is 4.71. The highest BCUT2D eigenvalue weighted by Gasteiger charge is 2.42. The molecule has 31 heavy (non-hydrogen) atoms. The standard InChI is InChI=1S/C23H37F2N5O/c1-7-8-23(24,25)20-9-19-18(11-27-20)22(3,4)15-30(19)21(31)14-29-12-16(2)26-10-17(29)13-28(5)6/h9,11,16-17,26H,7-8,10,12-15H2,1-6H3/t16?,17-/m1/s1. The van der Waals surface area contributed by atoms with Gasteiger partial charge < -0.3 is 15.1 Å². The number of anilines is 1. The van der Waals surface area contributed by atoms with Crippen molar-refractivity contribution in [1.82, 2.24) is 20.1 Å². The fraction of sp³-hybridized carbons (Fsp3) is 0.739. The van der Waals surface area contributed by atoms with Crippen LogP contribution in [0.25, 0.3) is 0 Å². The normalized spacial score (nSPS) is 24.0. The molecule has 0 saturated carbocycles. The van der Waals surface area contributed by atoms with Gasteiger partial charge in [-0.2, -0.15) is 8.78 Å². The topological polar surface area (TPSA) is 51.7 Å². The van der Waals surface area contributed by atoms with Crippen LogP contribution in [-0.2, 0) is 16.1 Å². The maximum absolute atomic E-state index is 14.5. The smallest absolute Gasteiger partial charge is 0.289 e. The largest absolute Gasteiger partial charge is 0.311 e. The van der Waals surface area contributed by atoms with Gasteiger partial charge in [0.15, 0.2) is 0 Å². The van der Waals surface area contributed by atoms with Crippen LogP contribution in [0.1, 0.15) is 51.8 Å². The van der Waals surface area contributed by atoms with Crippen LogP contribution in [0.5, 0.6) is 0 Å². The molecule has 2 atom stereocenters. The fourth-order valence-electron chi connectivity index (χ4n) is 4.71. The third-order valence-corrected chi connectivity index (χ3v) is 6.34. The SMILES string of the molecule is CCCC(F)(F)c1cc2c(cn1)C(C)(C)CN2C(=O)CN1CC(C)NC[C@@H]1CN(C)C. The van der Waals surface area contributed by atoms with Crippen LogP contribution in [0.3, 0.4) is 0 Å². The summed E-state index contributed by atoms with van der Waals surface area (Å²) in [6, 6.07) is 1.97. The van der Waals surface area contributed by atoms with E-state index < -0.39 is 5.92 Å². The lowest BCUT2D eigenvalue weighted by Gasteiger charge is -2.40. The summed E-state index contributed by atoms with van der Waals surface area (Å²) in [4.78, 5) is 23.6. The molecule has 0 spiro atoms. The van der Waals surface area contributed by atoms with Gasteiger partial charge in [0.1, 0.15) is 5.69 Å². The molecule has 174 valence electrons. The molecular weight excluding hydrogens is 400 g/mol. The number of hydrogen-bond acceptors (Lipinski definition) is 5. The van der Waals surface area contributed by atoms with Crippen LogP contribution in [0.2, 0.25) is 0 Å². The molecule has 1 N–H and O–H groups in total. The van der Waals surface area contributed by atoms with E-state index in [4.69, 9.17) is 0 Å². The summed E-state index contributed by atoms with van der Waals surface area (Å²) < 4.78 is 29.1. The van der Waals surface area contributed by atoms with Crippen molar-refractivity contribution in [3.63, 3.8) is 0 Å². The lowest BCUT2D eigenvalue weighted by molar-refractivity contribution is -0.120. The van der Waals surface area contributed by atoms with Gasteiger partial charge in [-0.05, 0) is 27.1 Å². The van der Waals surface area contributed by atoms with E-state index in [0.717, 1.165) is 25.2 Å². The highest BCUT2D eigenvalue weighted by molar-refractivity contribution is 5.97. The zero-order chi connectivity index (χ0) is 23.0. The number of piperazine rings is 1. The lowest BCUT2D eigenvalue weighted by atomic mass is 9.88. The number of likely N-dealkylation sites (N-methyl/N-ethyl adjacent to an activating group) is 1. The van der Waals surface area contributed by atoms with E-state index in [1.54, 1.807) is 18.0 Å². The van der Waals surface area contributed by atoms with Crippen LogP contribution in [0.15, 0.2) is 12.3 Å². The Balaban J connectivity index is 1.85. The van der Waals surface area contributed by atoms with Gasteiger partial charge in [0, 0.05) is 61.9 Å². The molecule has 0 aliphatic carbocycles. The molecule has 1 aromatic heterocycles. The summed E-state index contributed by atoms with van der Waals surface area (Å²) in [6.07, 6.45) is 1.67. The van der Waals surface area contributed by atoms with Gasteiger partial charge in [-0.3, -0.25) is 14.7 Å². The quantitative estimate of drug-likeness (QED) is 0.711. The van der Waals surface area contributed by atoms with Crippen molar-refractivity contribution >= 4 is 11.6 Å². The Morgan fingerprint density at radius 3 is 2.74 bits per heavy atom. The highest BCUT2D eigenvalue weighted by Crippen LogP contribution is 2.43. The van der Waals surface area contributed by atoms with Gasteiger partial charge >= 0.3 is 0 Å². The Morgan fingerprint density at radius 1 is 1.39 bits per heavy atom. The van der Waals surface area contributed by atoms with Crippen LogP contribution >= 0.6 is 0 Å². The first-order valence-electron chi connectivity index (χ1n) is 11.3. The van der Waals surface area contributed by atoms with E-state index >= 15 is 0 Å². The summed E-state index contributed by atoms with van der Waals surface area (Å²) in [7, 11) is 4.06. The Morgan fingerprint density at radius 2 is 2.10 bits per heavy atom. The third-order valence-electron chi connectivity index (χ3n) is 6.34. The Labute approximate surface area is 185 Å². The molecule has 2 aliphatic heterocycles. The van der Waals surface area contributed by atoms with Crippen molar-refractivity contribution in [2.24, 2.45) is 0 Å².